The molecule has 1 atom stereocenters. The summed E-state index contributed by atoms with van der Waals surface area (Å²) < 4.78 is 7.38. The lowest BCUT2D eigenvalue weighted by molar-refractivity contribution is 0.0963. The van der Waals surface area contributed by atoms with Gasteiger partial charge in [0.1, 0.15) is 0 Å². The van der Waals surface area contributed by atoms with Crippen LogP contribution in [0.25, 0.3) is 10.6 Å². The second-order valence-corrected chi connectivity index (χ2v) is 5.88. The standard InChI is InChI=1S/C15H17NO3S/c17-10-11-5-6-13(14-4-2-8-20-14)16(15(11)18)9-12-3-1-7-19-12/h2,4-6,8,12,17H,1,3,7,9-10H2. The normalized spacial score (nSPS) is 18.6. The Morgan fingerprint density at radius 3 is 2.95 bits per heavy atom. The second-order valence-electron chi connectivity index (χ2n) is 4.93. The van der Waals surface area contributed by atoms with Gasteiger partial charge >= 0.3 is 0 Å². The number of hydrogen-bond acceptors (Lipinski definition) is 4. The van der Waals surface area contributed by atoms with Gasteiger partial charge in [0.15, 0.2) is 0 Å². The van der Waals surface area contributed by atoms with Gasteiger partial charge in [0.05, 0.1) is 29.8 Å². The van der Waals surface area contributed by atoms with Crippen molar-refractivity contribution in [2.75, 3.05) is 6.61 Å². The van der Waals surface area contributed by atoms with Crippen molar-refractivity contribution >= 4 is 11.3 Å². The Labute approximate surface area is 121 Å². The van der Waals surface area contributed by atoms with Crippen LogP contribution in [0.1, 0.15) is 18.4 Å². The number of pyridine rings is 1. The Morgan fingerprint density at radius 2 is 2.30 bits per heavy atom. The van der Waals surface area contributed by atoms with Crippen LogP contribution in [0, 0.1) is 0 Å². The van der Waals surface area contributed by atoms with Gasteiger partial charge in [-0.05, 0) is 36.4 Å². The highest BCUT2D eigenvalue weighted by atomic mass is 32.1. The topological polar surface area (TPSA) is 51.5 Å². The molecule has 3 heterocycles. The van der Waals surface area contributed by atoms with Gasteiger partial charge in [-0.2, -0.15) is 0 Å². The quantitative estimate of drug-likeness (QED) is 0.940. The summed E-state index contributed by atoms with van der Waals surface area (Å²) in [6.07, 6.45) is 2.13. The molecule has 0 saturated carbocycles. The first-order valence-corrected chi connectivity index (χ1v) is 7.66. The number of aromatic nitrogens is 1. The van der Waals surface area contributed by atoms with Crippen molar-refractivity contribution in [2.24, 2.45) is 0 Å². The highest BCUT2D eigenvalue weighted by Gasteiger charge is 2.19. The lowest BCUT2D eigenvalue weighted by Gasteiger charge is -2.16. The summed E-state index contributed by atoms with van der Waals surface area (Å²) in [4.78, 5) is 13.5. The molecule has 4 nitrogen and oxygen atoms in total. The van der Waals surface area contributed by atoms with Gasteiger partial charge in [-0.15, -0.1) is 11.3 Å². The molecule has 20 heavy (non-hydrogen) atoms. The molecule has 1 fully saturated rings. The molecule has 106 valence electrons. The van der Waals surface area contributed by atoms with Crippen LogP contribution >= 0.6 is 11.3 Å². The third-order valence-corrected chi connectivity index (χ3v) is 4.50. The number of ether oxygens (including phenoxy) is 1. The molecule has 2 aromatic rings. The maximum Gasteiger partial charge on any atom is 0.256 e. The van der Waals surface area contributed by atoms with E-state index >= 15 is 0 Å². The fraction of sp³-hybridized carbons (Fsp3) is 0.400. The van der Waals surface area contributed by atoms with Gasteiger partial charge in [0.25, 0.3) is 5.56 Å². The monoisotopic (exact) mass is 291 g/mol. The van der Waals surface area contributed by atoms with Gasteiger partial charge in [-0.25, -0.2) is 0 Å². The van der Waals surface area contributed by atoms with E-state index in [1.165, 1.54) is 0 Å². The molecule has 1 saturated heterocycles. The summed E-state index contributed by atoms with van der Waals surface area (Å²) in [7, 11) is 0. The van der Waals surface area contributed by atoms with E-state index in [0.717, 1.165) is 30.0 Å². The van der Waals surface area contributed by atoms with E-state index in [9.17, 15) is 9.90 Å². The van der Waals surface area contributed by atoms with Crippen LogP contribution in [0.5, 0.6) is 0 Å². The molecule has 3 rings (SSSR count). The molecule has 1 aliphatic heterocycles. The molecule has 2 aromatic heterocycles. The SMILES string of the molecule is O=c1c(CO)ccc(-c2cccs2)n1CC1CCCO1. The van der Waals surface area contributed by atoms with E-state index < -0.39 is 0 Å². The van der Waals surface area contributed by atoms with Crippen LogP contribution in [-0.2, 0) is 17.9 Å². The number of thiophene rings is 1. The first kappa shape index (κ1) is 13.5. The van der Waals surface area contributed by atoms with Crippen molar-refractivity contribution in [1.29, 1.82) is 0 Å². The van der Waals surface area contributed by atoms with Gasteiger partial charge in [0.2, 0.25) is 0 Å². The molecule has 0 aromatic carbocycles. The Kier molecular flexibility index (Phi) is 4.00. The van der Waals surface area contributed by atoms with Gasteiger partial charge < -0.3 is 14.4 Å². The minimum atomic E-state index is -0.227. The average molecular weight is 291 g/mol. The first-order chi connectivity index (χ1) is 9.79. The van der Waals surface area contributed by atoms with Crippen LogP contribution in [0.2, 0.25) is 0 Å². The molecule has 0 spiro atoms. The predicted octanol–water partition coefficient (Wildman–Crippen LogP) is 2.25. The summed E-state index contributed by atoms with van der Waals surface area (Å²) in [5.74, 6) is 0. The van der Waals surface area contributed by atoms with Crippen LogP contribution < -0.4 is 5.56 Å². The molecule has 1 aliphatic rings. The number of aliphatic hydroxyl groups is 1. The summed E-state index contributed by atoms with van der Waals surface area (Å²) in [6, 6.07) is 7.60. The fourth-order valence-electron chi connectivity index (χ4n) is 2.56. The maximum absolute atomic E-state index is 12.5. The van der Waals surface area contributed by atoms with E-state index in [1.54, 1.807) is 22.0 Å². The van der Waals surface area contributed by atoms with Crippen LogP contribution in [0.4, 0.5) is 0 Å². The minimum Gasteiger partial charge on any atom is -0.391 e. The van der Waals surface area contributed by atoms with Crippen LogP contribution in [0.15, 0.2) is 34.4 Å². The Morgan fingerprint density at radius 1 is 1.40 bits per heavy atom. The summed E-state index contributed by atoms with van der Waals surface area (Å²) >= 11 is 1.61. The summed E-state index contributed by atoms with van der Waals surface area (Å²) in [5, 5.41) is 11.3. The second kappa shape index (κ2) is 5.91. The Hall–Kier alpha value is -1.43. The highest BCUT2D eigenvalue weighted by molar-refractivity contribution is 7.13. The summed E-state index contributed by atoms with van der Waals surface area (Å²) in [6.45, 7) is 1.10. The molecule has 0 aliphatic carbocycles. The number of hydrogen-bond donors (Lipinski definition) is 1. The largest absolute Gasteiger partial charge is 0.391 e. The van der Waals surface area contributed by atoms with Crippen molar-refractivity contribution in [3.05, 3.63) is 45.6 Å². The van der Waals surface area contributed by atoms with Gasteiger partial charge in [0, 0.05) is 12.2 Å². The van der Waals surface area contributed by atoms with E-state index in [1.807, 2.05) is 23.6 Å². The van der Waals surface area contributed by atoms with Gasteiger partial charge in [-0.3, -0.25) is 4.79 Å². The molecule has 1 unspecified atom stereocenters. The summed E-state index contributed by atoms with van der Waals surface area (Å²) in [5.41, 5.74) is 1.22. The van der Waals surface area contributed by atoms with E-state index in [2.05, 4.69) is 0 Å². The predicted molar refractivity (Wildman–Crippen MR) is 78.9 cm³/mol. The number of nitrogens with zero attached hydrogens (tertiary/aromatic N) is 1. The van der Waals surface area contributed by atoms with E-state index in [4.69, 9.17) is 4.74 Å². The zero-order valence-electron chi connectivity index (χ0n) is 11.1. The van der Waals surface area contributed by atoms with Crippen molar-refractivity contribution < 1.29 is 9.84 Å². The third-order valence-electron chi connectivity index (χ3n) is 3.61. The van der Waals surface area contributed by atoms with Crippen molar-refractivity contribution in [3.8, 4) is 10.6 Å². The fourth-order valence-corrected chi connectivity index (χ4v) is 3.32. The van der Waals surface area contributed by atoms with E-state index in [-0.39, 0.29) is 18.3 Å². The van der Waals surface area contributed by atoms with E-state index in [0.29, 0.717) is 12.1 Å². The third kappa shape index (κ3) is 2.57. The molecule has 0 bridgehead atoms. The zero-order chi connectivity index (χ0) is 13.9. The lowest BCUT2D eigenvalue weighted by atomic mass is 10.2. The Bertz CT molecular complexity index is 627. The maximum atomic E-state index is 12.5. The molecular formula is C15H17NO3S. The van der Waals surface area contributed by atoms with Crippen molar-refractivity contribution in [2.45, 2.75) is 32.1 Å². The van der Waals surface area contributed by atoms with Crippen LogP contribution in [-0.4, -0.2) is 22.4 Å². The highest BCUT2D eigenvalue weighted by Crippen LogP contribution is 2.25. The molecule has 5 heteroatoms. The molecular weight excluding hydrogens is 274 g/mol. The molecule has 0 amide bonds. The number of aliphatic hydroxyl groups excluding tert-OH is 1. The molecule has 1 N–H and O–H groups in total. The Balaban J connectivity index is 2.04. The first-order valence-electron chi connectivity index (χ1n) is 6.78. The lowest BCUT2D eigenvalue weighted by Crippen LogP contribution is -2.29. The zero-order valence-corrected chi connectivity index (χ0v) is 11.9. The number of rotatable bonds is 4. The minimum absolute atomic E-state index is 0.0976. The smallest absolute Gasteiger partial charge is 0.256 e. The molecule has 0 radical (unpaired) electrons. The van der Waals surface area contributed by atoms with Crippen molar-refractivity contribution in [3.63, 3.8) is 0 Å². The average Bonchev–Trinajstić information content (AvgIpc) is 3.13. The van der Waals surface area contributed by atoms with Gasteiger partial charge in [-0.1, -0.05) is 6.07 Å². The van der Waals surface area contributed by atoms with Crippen molar-refractivity contribution in [1.82, 2.24) is 4.57 Å². The van der Waals surface area contributed by atoms with Crippen LogP contribution in [0.3, 0.4) is 0 Å².